The van der Waals surface area contributed by atoms with Gasteiger partial charge >= 0.3 is 0 Å². The van der Waals surface area contributed by atoms with Gasteiger partial charge < -0.3 is 9.80 Å². The number of carbonyl (C=O) groups excluding carboxylic acids is 1. The van der Waals surface area contributed by atoms with E-state index in [9.17, 15) is 4.79 Å². The van der Waals surface area contributed by atoms with Crippen LogP contribution in [0.3, 0.4) is 0 Å². The lowest BCUT2D eigenvalue weighted by atomic mass is 10.1. The van der Waals surface area contributed by atoms with Crippen molar-refractivity contribution in [2.75, 3.05) is 33.2 Å². The van der Waals surface area contributed by atoms with Gasteiger partial charge in [-0.3, -0.25) is 4.79 Å². The largest absolute Gasteiger partial charge is 0.335 e. The van der Waals surface area contributed by atoms with Crippen LogP contribution in [-0.2, 0) is 0 Å². The minimum Gasteiger partial charge on any atom is -0.335 e. The molecule has 0 radical (unpaired) electrons. The van der Waals surface area contributed by atoms with Gasteiger partial charge in [-0.05, 0) is 19.5 Å². The summed E-state index contributed by atoms with van der Waals surface area (Å²) in [4.78, 5) is 22.4. The number of nitrogens with zero attached hydrogens (tertiary/aromatic N) is 3. The van der Waals surface area contributed by atoms with E-state index in [1.54, 1.807) is 11.3 Å². The number of aromatic nitrogens is 1. The molecule has 2 heterocycles. The summed E-state index contributed by atoms with van der Waals surface area (Å²) in [7, 11) is 2.09. The number of hydrogen-bond acceptors (Lipinski definition) is 4. The predicted molar refractivity (Wildman–Crippen MR) is 85.7 cm³/mol. The monoisotopic (exact) mass is 301 g/mol. The summed E-state index contributed by atoms with van der Waals surface area (Å²) < 4.78 is 0. The molecule has 4 nitrogen and oxygen atoms in total. The van der Waals surface area contributed by atoms with Crippen LogP contribution >= 0.6 is 11.3 Å². The fraction of sp³-hybridized carbons (Fsp3) is 0.375. The molecule has 0 saturated carbocycles. The van der Waals surface area contributed by atoms with Crippen molar-refractivity contribution in [3.63, 3.8) is 0 Å². The quantitative estimate of drug-likeness (QED) is 0.855. The Morgan fingerprint density at radius 1 is 1.14 bits per heavy atom. The summed E-state index contributed by atoms with van der Waals surface area (Å²) in [5.74, 6) is 0.0614. The van der Waals surface area contributed by atoms with Gasteiger partial charge in [-0.25, -0.2) is 4.98 Å². The molecule has 5 heteroatoms. The molecule has 0 bridgehead atoms. The second kappa shape index (κ2) is 5.95. The van der Waals surface area contributed by atoms with E-state index in [0.717, 1.165) is 41.6 Å². The lowest BCUT2D eigenvalue weighted by Gasteiger charge is -2.32. The average molecular weight is 301 g/mol. The maximum Gasteiger partial charge on any atom is 0.274 e. The van der Waals surface area contributed by atoms with Gasteiger partial charge in [0.1, 0.15) is 5.69 Å². The summed E-state index contributed by atoms with van der Waals surface area (Å²) in [5, 5.41) is 0.936. The van der Waals surface area contributed by atoms with Gasteiger partial charge in [0.25, 0.3) is 5.91 Å². The van der Waals surface area contributed by atoms with E-state index in [1.807, 2.05) is 42.2 Å². The second-order valence-electron chi connectivity index (χ2n) is 5.37. The van der Waals surface area contributed by atoms with E-state index in [0.29, 0.717) is 5.69 Å². The van der Waals surface area contributed by atoms with Gasteiger partial charge in [-0.2, -0.15) is 0 Å². The van der Waals surface area contributed by atoms with Gasteiger partial charge in [-0.1, -0.05) is 30.3 Å². The predicted octanol–water partition coefficient (Wildman–Crippen LogP) is 2.51. The van der Waals surface area contributed by atoms with Crippen LogP contribution in [-0.4, -0.2) is 53.9 Å². The van der Waals surface area contributed by atoms with Crippen molar-refractivity contribution in [3.8, 4) is 10.4 Å². The first-order valence-corrected chi connectivity index (χ1v) is 7.97. The number of amides is 1. The Morgan fingerprint density at radius 2 is 1.81 bits per heavy atom. The van der Waals surface area contributed by atoms with Crippen molar-refractivity contribution >= 4 is 17.2 Å². The Morgan fingerprint density at radius 3 is 2.48 bits per heavy atom. The highest BCUT2D eigenvalue weighted by atomic mass is 32.1. The molecule has 0 N–H and O–H groups in total. The van der Waals surface area contributed by atoms with Crippen LogP contribution in [0, 0.1) is 6.92 Å². The summed E-state index contributed by atoms with van der Waals surface area (Å²) >= 11 is 1.59. The minimum absolute atomic E-state index is 0.0614. The first kappa shape index (κ1) is 14.2. The fourth-order valence-corrected chi connectivity index (χ4v) is 3.43. The number of benzene rings is 1. The molecule has 2 aromatic rings. The lowest BCUT2D eigenvalue weighted by Crippen LogP contribution is -2.47. The SMILES string of the molecule is Cc1nc(C(=O)N2CCN(C)CC2)c(-c2ccccc2)s1. The zero-order valence-electron chi connectivity index (χ0n) is 12.4. The second-order valence-corrected chi connectivity index (χ2v) is 6.58. The third-order valence-corrected chi connectivity index (χ3v) is 4.78. The van der Waals surface area contributed by atoms with Crippen LogP contribution in [0.2, 0.25) is 0 Å². The number of carbonyl (C=O) groups is 1. The van der Waals surface area contributed by atoms with Crippen LogP contribution < -0.4 is 0 Å². The van der Waals surface area contributed by atoms with Crippen LogP contribution in [0.1, 0.15) is 15.5 Å². The topological polar surface area (TPSA) is 36.4 Å². The molecule has 0 atom stereocenters. The van der Waals surface area contributed by atoms with Crippen molar-refractivity contribution in [1.82, 2.24) is 14.8 Å². The van der Waals surface area contributed by atoms with Crippen LogP contribution in [0.5, 0.6) is 0 Å². The minimum atomic E-state index is 0.0614. The smallest absolute Gasteiger partial charge is 0.274 e. The highest BCUT2D eigenvalue weighted by Crippen LogP contribution is 2.30. The molecular weight excluding hydrogens is 282 g/mol. The first-order chi connectivity index (χ1) is 10.1. The number of thiazole rings is 1. The van der Waals surface area contributed by atoms with Gasteiger partial charge in [0.2, 0.25) is 0 Å². The van der Waals surface area contributed by atoms with E-state index in [4.69, 9.17) is 0 Å². The zero-order valence-corrected chi connectivity index (χ0v) is 13.2. The Bertz CT molecular complexity index is 630. The van der Waals surface area contributed by atoms with Crippen molar-refractivity contribution in [3.05, 3.63) is 41.0 Å². The van der Waals surface area contributed by atoms with E-state index < -0.39 is 0 Å². The van der Waals surface area contributed by atoms with Gasteiger partial charge in [0.05, 0.1) is 9.88 Å². The third kappa shape index (κ3) is 2.99. The molecule has 1 aromatic carbocycles. The van der Waals surface area contributed by atoms with Crippen molar-refractivity contribution in [1.29, 1.82) is 0 Å². The molecule has 21 heavy (non-hydrogen) atoms. The van der Waals surface area contributed by atoms with Crippen LogP contribution in [0.4, 0.5) is 0 Å². The number of piperazine rings is 1. The first-order valence-electron chi connectivity index (χ1n) is 7.16. The Hall–Kier alpha value is -1.72. The molecular formula is C16H19N3OS. The summed E-state index contributed by atoms with van der Waals surface area (Å²) in [6.45, 7) is 5.36. The highest BCUT2D eigenvalue weighted by Gasteiger charge is 2.25. The fourth-order valence-electron chi connectivity index (χ4n) is 2.52. The molecule has 0 unspecified atom stereocenters. The normalized spacial score (nSPS) is 16.2. The molecule has 0 aliphatic carbocycles. The number of likely N-dealkylation sites (N-methyl/N-ethyl adjacent to an activating group) is 1. The van der Waals surface area contributed by atoms with Gasteiger partial charge in [0, 0.05) is 26.2 Å². The summed E-state index contributed by atoms with van der Waals surface area (Å²) in [6, 6.07) is 10.0. The Kier molecular flexibility index (Phi) is 4.03. The van der Waals surface area contributed by atoms with E-state index in [2.05, 4.69) is 16.9 Å². The molecule has 0 spiro atoms. The zero-order chi connectivity index (χ0) is 14.8. The molecule has 3 rings (SSSR count). The maximum atomic E-state index is 12.8. The molecule has 1 amide bonds. The van der Waals surface area contributed by atoms with Gasteiger partial charge in [-0.15, -0.1) is 11.3 Å². The number of hydrogen-bond donors (Lipinski definition) is 0. The van der Waals surface area contributed by atoms with Gasteiger partial charge in [0.15, 0.2) is 0 Å². The Balaban J connectivity index is 1.90. The van der Waals surface area contributed by atoms with Crippen LogP contribution in [0.25, 0.3) is 10.4 Å². The van der Waals surface area contributed by atoms with Crippen molar-refractivity contribution < 1.29 is 4.79 Å². The molecule has 1 aromatic heterocycles. The van der Waals surface area contributed by atoms with E-state index in [1.165, 1.54) is 0 Å². The summed E-state index contributed by atoms with van der Waals surface area (Å²) in [5.41, 5.74) is 1.67. The molecule has 1 aliphatic rings. The van der Waals surface area contributed by atoms with E-state index in [-0.39, 0.29) is 5.91 Å². The number of aryl methyl sites for hydroxylation is 1. The highest BCUT2D eigenvalue weighted by molar-refractivity contribution is 7.15. The molecule has 1 saturated heterocycles. The Labute approximate surface area is 129 Å². The molecule has 1 aliphatic heterocycles. The summed E-state index contributed by atoms with van der Waals surface area (Å²) in [6.07, 6.45) is 0. The average Bonchev–Trinajstić information content (AvgIpc) is 2.90. The van der Waals surface area contributed by atoms with Crippen molar-refractivity contribution in [2.24, 2.45) is 0 Å². The van der Waals surface area contributed by atoms with E-state index >= 15 is 0 Å². The standard InChI is InChI=1S/C16H19N3OS/c1-12-17-14(15(21-12)13-6-4-3-5-7-13)16(20)19-10-8-18(2)9-11-19/h3-7H,8-11H2,1-2H3. The van der Waals surface area contributed by atoms with Crippen molar-refractivity contribution in [2.45, 2.75) is 6.92 Å². The van der Waals surface area contributed by atoms with Crippen LogP contribution in [0.15, 0.2) is 30.3 Å². The third-order valence-electron chi connectivity index (χ3n) is 3.76. The molecule has 1 fully saturated rings. The molecule has 110 valence electrons. The maximum absolute atomic E-state index is 12.8. The number of rotatable bonds is 2. The lowest BCUT2D eigenvalue weighted by molar-refractivity contribution is 0.0659.